The number of amides is 1. The summed E-state index contributed by atoms with van der Waals surface area (Å²) in [5.74, 6) is 0.0694. The Morgan fingerprint density at radius 2 is 1.79 bits per heavy atom. The van der Waals surface area contributed by atoms with E-state index in [2.05, 4.69) is 46.6 Å². The molecule has 4 rings (SSSR count). The van der Waals surface area contributed by atoms with Crippen LogP contribution in [0.1, 0.15) is 47.2 Å². The van der Waals surface area contributed by atoms with Gasteiger partial charge in [-0.3, -0.25) is 4.79 Å². The quantitative estimate of drug-likeness (QED) is 0.926. The number of carbonyl (C=O) groups is 1. The maximum absolute atomic E-state index is 12.3. The molecule has 0 unspecified atom stereocenters. The van der Waals surface area contributed by atoms with Gasteiger partial charge in [-0.15, -0.1) is 0 Å². The summed E-state index contributed by atoms with van der Waals surface area (Å²) in [5.41, 5.74) is 4.81. The van der Waals surface area contributed by atoms with Gasteiger partial charge in [0.15, 0.2) is 0 Å². The van der Waals surface area contributed by atoms with Crippen molar-refractivity contribution in [3.8, 4) is 0 Å². The van der Waals surface area contributed by atoms with Crippen LogP contribution in [0, 0.1) is 0 Å². The van der Waals surface area contributed by atoms with E-state index in [9.17, 15) is 4.79 Å². The first-order chi connectivity index (χ1) is 11.8. The number of benzene rings is 2. The Morgan fingerprint density at radius 3 is 2.58 bits per heavy atom. The predicted octanol–water partition coefficient (Wildman–Crippen LogP) is 3.92. The van der Waals surface area contributed by atoms with Crippen molar-refractivity contribution >= 4 is 11.6 Å². The standard InChI is InChI=1S/C21H24N2O/c24-21(22-19-6-2-3-7-19)18-11-9-16(10-12-18)15-23-14-13-17-5-1-4-8-20(17)23/h1,4-5,8-12,19H,2-3,6-7,13-15H2,(H,22,24). The van der Waals surface area contributed by atoms with Gasteiger partial charge >= 0.3 is 0 Å². The third kappa shape index (κ3) is 3.16. The van der Waals surface area contributed by atoms with Crippen LogP contribution in [0.15, 0.2) is 48.5 Å². The van der Waals surface area contributed by atoms with Crippen molar-refractivity contribution in [3.63, 3.8) is 0 Å². The fourth-order valence-electron chi connectivity index (χ4n) is 3.89. The second-order valence-corrected chi connectivity index (χ2v) is 6.95. The zero-order valence-corrected chi connectivity index (χ0v) is 14.0. The van der Waals surface area contributed by atoms with Gasteiger partial charge in [0, 0.05) is 30.4 Å². The lowest BCUT2D eigenvalue weighted by atomic mass is 10.1. The highest BCUT2D eigenvalue weighted by Gasteiger charge is 2.19. The highest BCUT2D eigenvalue weighted by molar-refractivity contribution is 5.94. The first-order valence-corrected chi connectivity index (χ1v) is 9.02. The van der Waals surface area contributed by atoms with E-state index in [-0.39, 0.29) is 5.91 Å². The fraction of sp³-hybridized carbons (Fsp3) is 0.381. The Bertz CT molecular complexity index is 717. The lowest BCUT2D eigenvalue weighted by molar-refractivity contribution is 0.0938. The first-order valence-electron chi connectivity index (χ1n) is 9.02. The molecule has 3 nitrogen and oxygen atoms in total. The molecule has 1 heterocycles. The summed E-state index contributed by atoms with van der Waals surface area (Å²) >= 11 is 0. The first kappa shape index (κ1) is 15.3. The van der Waals surface area contributed by atoms with E-state index in [1.807, 2.05) is 12.1 Å². The second-order valence-electron chi connectivity index (χ2n) is 6.95. The molecule has 1 amide bonds. The van der Waals surface area contributed by atoms with Gasteiger partial charge < -0.3 is 10.2 Å². The topological polar surface area (TPSA) is 32.3 Å². The SMILES string of the molecule is O=C(NC1CCCC1)c1ccc(CN2CCc3ccccc32)cc1. The number of fused-ring (bicyclic) bond motifs is 1. The van der Waals surface area contributed by atoms with E-state index in [1.54, 1.807) is 0 Å². The highest BCUT2D eigenvalue weighted by Crippen LogP contribution is 2.28. The largest absolute Gasteiger partial charge is 0.367 e. The summed E-state index contributed by atoms with van der Waals surface area (Å²) < 4.78 is 0. The van der Waals surface area contributed by atoms with Crippen molar-refractivity contribution in [2.75, 3.05) is 11.4 Å². The minimum absolute atomic E-state index is 0.0694. The van der Waals surface area contributed by atoms with Gasteiger partial charge in [0.25, 0.3) is 5.91 Å². The lowest BCUT2D eigenvalue weighted by Gasteiger charge is -2.19. The Labute approximate surface area is 143 Å². The molecule has 0 aromatic heterocycles. The molecule has 24 heavy (non-hydrogen) atoms. The molecule has 0 bridgehead atoms. The molecular weight excluding hydrogens is 296 g/mol. The van der Waals surface area contributed by atoms with Gasteiger partial charge in [0.1, 0.15) is 0 Å². The van der Waals surface area contributed by atoms with Crippen LogP contribution >= 0.6 is 0 Å². The van der Waals surface area contributed by atoms with Crippen molar-refractivity contribution in [1.82, 2.24) is 5.32 Å². The Balaban J connectivity index is 1.40. The number of carbonyl (C=O) groups excluding carboxylic acids is 1. The second kappa shape index (κ2) is 6.68. The van der Waals surface area contributed by atoms with Gasteiger partial charge in [0.05, 0.1) is 0 Å². The van der Waals surface area contributed by atoms with E-state index < -0.39 is 0 Å². The molecule has 3 heteroatoms. The van der Waals surface area contributed by atoms with Gasteiger partial charge in [-0.1, -0.05) is 43.2 Å². The summed E-state index contributed by atoms with van der Waals surface area (Å²) in [7, 11) is 0. The van der Waals surface area contributed by atoms with Crippen LogP contribution in [-0.4, -0.2) is 18.5 Å². The van der Waals surface area contributed by atoms with Crippen LogP contribution in [0.5, 0.6) is 0 Å². The van der Waals surface area contributed by atoms with E-state index in [0.717, 1.165) is 37.9 Å². The van der Waals surface area contributed by atoms with Crippen molar-refractivity contribution in [1.29, 1.82) is 0 Å². The van der Waals surface area contributed by atoms with E-state index >= 15 is 0 Å². The zero-order chi connectivity index (χ0) is 16.4. The van der Waals surface area contributed by atoms with Crippen LogP contribution in [0.25, 0.3) is 0 Å². The number of anilines is 1. The average molecular weight is 320 g/mol. The monoisotopic (exact) mass is 320 g/mol. The molecular formula is C21H24N2O. The van der Waals surface area contributed by atoms with Crippen molar-refractivity contribution in [2.45, 2.75) is 44.7 Å². The Hall–Kier alpha value is -2.29. The van der Waals surface area contributed by atoms with E-state index in [1.165, 1.54) is 29.7 Å². The molecule has 0 spiro atoms. The van der Waals surface area contributed by atoms with Crippen LogP contribution in [0.4, 0.5) is 5.69 Å². The Kier molecular flexibility index (Phi) is 4.24. The molecule has 2 aliphatic rings. The van der Waals surface area contributed by atoms with Crippen molar-refractivity contribution in [2.24, 2.45) is 0 Å². The predicted molar refractivity (Wildman–Crippen MR) is 97.4 cm³/mol. The molecule has 2 aromatic carbocycles. The minimum Gasteiger partial charge on any atom is -0.367 e. The zero-order valence-electron chi connectivity index (χ0n) is 14.0. The maximum atomic E-state index is 12.3. The van der Waals surface area contributed by atoms with Crippen LogP contribution in [0.2, 0.25) is 0 Å². The molecule has 0 radical (unpaired) electrons. The fourth-order valence-corrected chi connectivity index (χ4v) is 3.89. The third-order valence-corrected chi connectivity index (χ3v) is 5.26. The summed E-state index contributed by atoms with van der Waals surface area (Å²) in [6, 6.07) is 17.1. The summed E-state index contributed by atoms with van der Waals surface area (Å²) in [6.45, 7) is 1.98. The van der Waals surface area contributed by atoms with Gasteiger partial charge in [-0.05, 0) is 48.6 Å². The van der Waals surface area contributed by atoms with Gasteiger partial charge in [0.2, 0.25) is 0 Å². The lowest BCUT2D eigenvalue weighted by Crippen LogP contribution is -2.32. The number of hydrogen-bond acceptors (Lipinski definition) is 2. The van der Waals surface area contributed by atoms with Crippen LogP contribution in [-0.2, 0) is 13.0 Å². The number of para-hydroxylation sites is 1. The molecule has 124 valence electrons. The Morgan fingerprint density at radius 1 is 1.04 bits per heavy atom. The summed E-state index contributed by atoms with van der Waals surface area (Å²) in [6.07, 6.45) is 5.84. The average Bonchev–Trinajstić information content (AvgIpc) is 3.26. The molecule has 2 aromatic rings. The molecule has 0 atom stereocenters. The van der Waals surface area contributed by atoms with Crippen LogP contribution in [0.3, 0.4) is 0 Å². The van der Waals surface area contributed by atoms with E-state index in [0.29, 0.717) is 6.04 Å². The molecule has 0 saturated heterocycles. The number of hydrogen-bond donors (Lipinski definition) is 1. The molecule has 1 fully saturated rings. The van der Waals surface area contributed by atoms with Gasteiger partial charge in [-0.25, -0.2) is 0 Å². The summed E-state index contributed by atoms with van der Waals surface area (Å²) in [5, 5.41) is 3.15. The molecule has 1 N–H and O–H groups in total. The number of nitrogens with zero attached hydrogens (tertiary/aromatic N) is 1. The smallest absolute Gasteiger partial charge is 0.251 e. The van der Waals surface area contributed by atoms with Crippen molar-refractivity contribution < 1.29 is 4.79 Å². The highest BCUT2D eigenvalue weighted by atomic mass is 16.1. The number of nitrogens with one attached hydrogen (secondary N) is 1. The maximum Gasteiger partial charge on any atom is 0.251 e. The van der Waals surface area contributed by atoms with E-state index in [4.69, 9.17) is 0 Å². The van der Waals surface area contributed by atoms with Crippen LogP contribution < -0.4 is 10.2 Å². The van der Waals surface area contributed by atoms with Gasteiger partial charge in [-0.2, -0.15) is 0 Å². The molecule has 1 aliphatic heterocycles. The number of rotatable bonds is 4. The minimum atomic E-state index is 0.0694. The summed E-state index contributed by atoms with van der Waals surface area (Å²) in [4.78, 5) is 14.7. The third-order valence-electron chi connectivity index (χ3n) is 5.26. The normalized spacial score (nSPS) is 17.1. The molecule has 1 saturated carbocycles. The molecule has 1 aliphatic carbocycles. The van der Waals surface area contributed by atoms with Crippen molar-refractivity contribution in [3.05, 3.63) is 65.2 Å².